The van der Waals surface area contributed by atoms with Crippen LogP contribution in [0, 0.1) is 6.92 Å². The van der Waals surface area contributed by atoms with Gasteiger partial charge in [0.05, 0.1) is 10.6 Å². The third-order valence-corrected chi connectivity index (χ3v) is 8.71. The summed E-state index contributed by atoms with van der Waals surface area (Å²) in [5.41, 5.74) is 8.68. The fraction of sp³-hybridized carbons (Fsp3) is 0.132. The highest BCUT2D eigenvalue weighted by atomic mass is 32.2. The third-order valence-electron chi connectivity index (χ3n) is 7.86. The summed E-state index contributed by atoms with van der Waals surface area (Å²) in [6.07, 6.45) is 2.01. The lowest BCUT2D eigenvalue weighted by Crippen LogP contribution is -2.34. The van der Waals surface area contributed by atoms with Crippen molar-refractivity contribution in [2.24, 2.45) is 0 Å². The molecule has 0 amide bonds. The van der Waals surface area contributed by atoms with Crippen LogP contribution in [0.4, 0.5) is 5.69 Å². The van der Waals surface area contributed by atoms with E-state index in [1.165, 1.54) is 34.4 Å². The lowest BCUT2D eigenvalue weighted by molar-refractivity contribution is -0.674. The molecule has 0 saturated heterocycles. The summed E-state index contributed by atoms with van der Waals surface area (Å²) in [5, 5.41) is 0. The van der Waals surface area contributed by atoms with Crippen molar-refractivity contribution in [3.8, 4) is 28.0 Å². The zero-order chi connectivity index (χ0) is 32.3. The summed E-state index contributed by atoms with van der Waals surface area (Å²) in [6, 6.07) is 39.4. The minimum Gasteiger partial charge on any atom is -0.744 e. The highest BCUT2D eigenvalue weighted by molar-refractivity contribution is 7.85. The normalized spacial score (nSPS) is 13.3. The maximum Gasteiger partial charge on any atom is 0.379 e. The van der Waals surface area contributed by atoms with E-state index >= 15 is 0 Å². The Morgan fingerprint density at radius 1 is 0.761 bits per heavy atom. The number of rotatable bonds is 6. The summed E-state index contributed by atoms with van der Waals surface area (Å²) in [6.45, 7) is 7.69. The number of oxazole rings is 1. The molecule has 5 aromatic carbocycles. The molecule has 1 aromatic heterocycles. The van der Waals surface area contributed by atoms with Gasteiger partial charge in [0.2, 0.25) is 11.5 Å². The third kappa shape index (κ3) is 6.44. The molecule has 0 aliphatic carbocycles. The number of hydrogen-bond donors (Lipinski definition) is 0. The minimum atomic E-state index is -4.27. The van der Waals surface area contributed by atoms with Gasteiger partial charge in [-0.05, 0) is 73.4 Å². The van der Waals surface area contributed by atoms with Crippen molar-refractivity contribution in [3.63, 3.8) is 0 Å². The van der Waals surface area contributed by atoms with Gasteiger partial charge in [0.1, 0.15) is 22.7 Å². The van der Waals surface area contributed by atoms with Gasteiger partial charge in [0, 0.05) is 12.6 Å². The molecule has 0 radical (unpaired) electrons. The van der Waals surface area contributed by atoms with Crippen LogP contribution in [-0.4, -0.2) is 19.5 Å². The van der Waals surface area contributed by atoms with Gasteiger partial charge < -0.3 is 18.6 Å². The molecule has 0 saturated carbocycles. The maximum absolute atomic E-state index is 10.4. The van der Waals surface area contributed by atoms with Gasteiger partial charge in [-0.3, -0.25) is 0 Å². The second-order valence-corrected chi connectivity index (χ2v) is 12.3. The standard InChI is InChI=1S/C31H27N2O2.C7H8O3S/c1-3-32-26-19-24(22-11-7-5-8-12-22)15-17-28(26)34-30(32)21-31-33(4-2)27-20-25(16-18-29(27)35-31)23-13-9-6-10-14-23;1-6-2-4-7(5-3-6)11(8,9)10/h5-21H,3-4H2,1-2H3;2-5H,1H3,(H,8,9,10)/q+1;/p-1. The number of hydrogen-bond acceptors (Lipinski definition) is 6. The molecular weight excluding hydrogens is 596 g/mol. The van der Waals surface area contributed by atoms with Crippen LogP contribution in [0.5, 0.6) is 5.75 Å². The molecule has 0 unspecified atom stereocenters. The molecule has 1 aliphatic rings. The van der Waals surface area contributed by atoms with Gasteiger partial charge in [-0.2, -0.15) is 4.57 Å². The van der Waals surface area contributed by atoms with Crippen LogP contribution >= 0.6 is 0 Å². The average molecular weight is 631 g/mol. The lowest BCUT2D eigenvalue weighted by Gasteiger charge is -2.15. The Hall–Kier alpha value is -5.18. The first-order valence-electron chi connectivity index (χ1n) is 15.2. The molecule has 6 aromatic rings. The van der Waals surface area contributed by atoms with Crippen molar-refractivity contribution in [1.82, 2.24) is 0 Å². The Bertz CT molecular complexity index is 2120. The molecule has 8 heteroatoms. The molecule has 7 rings (SSSR count). The van der Waals surface area contributed by atoms with E-state index in [0.717, 1.165) is 53.0 Å². The molecule has 2 heterocycles. The fourth-order valence-corrected chi connectivity index (χ4v) is 5.97. The molecule has 46 heavy (non-hydrogen) atoms. The van der Waals surface area contributed by atoms with Crippen molar-refractivity contribution >= 4 is 33.0 Å². The zero-order valence-corrected chi connectivity index (χ0v) is 26.7. The first-order chi connectivity index (χ1) is 22.2. The highest BCUT2D eigenvalue weighted by Crippen LogP contribution is 2.42. The smallest absolute Gasteiger partial charge is 0.379 e. The first-order valence-corrected chi connectivity index (χ1v) is 16.6. The van der Waals surface area contributed by atoms with E-state index in [4.69, 9.17) is 9.15 Å². The predicted molar refractivity (Wildman–Crippen MR) is 180 cm³/mol. The van der Waals surface area contributed by atoms with Crippen LogP contribution in [0.25, 0.3) is 39.4 Å². The summed E-state index contributed by atoms with van der Waals surface area (Å²) in [5.74, 6) is 2.41. The van der Waals surface area contributed by atoms with E-state index in [0.29, 0.717) is 0 Å². The summed E-state index contributed by atoms with van der Waals surface area (Å²) in [7, 11) is -4.27. The predicted octanol–water partition coefficient (Wildman–Crippen LogP) is 8.19. The molecule has 0 fully saturated rings. The van der Waals surface area contributed by atoms with E-state index in [1.54, 1.807) is 12.1 Å². The fourth-order valence-electron chi connectivity index (χ4n) is 5.50. The Morgan fingerprint density at radius 3 is 1.96 bits per heavy atom. The van der Waals surface area contributed by atoms with Gasteiger partial charge in [0.25, 0.3) is 5.52 Å². The van der Waals surface area contributed by atoms with E-state index in [2.05, 4.69) is 108 Å². The molecule has 0 bridgehead atoms. The molecule has 0 spiro atoms. The molecule has 232 valence electrons. The molecule has 1 aliphatic heterocycles. The Morgan fingerprint density at radius 2 is 1.37 bits per heavy atom. The minimum absolute atomic E-state index is 0.178. The van der Waals surface area contributed by atoms with Crippen LogP contribution in [0.2, 0.25) is 0 Å². The Balaban J connectivity index is 0.000000288. The summed E-state index contributed by atoms with van der Waals surface area (Å²) >= 11 is 0. The largest absolute Gasteiger partial charge is 0.744 e. The number of ether oxygens (including phenoxy) is 1. The molecule has 0 atom stereocenters. The first kappa shape index (κ1) is 30.8. The van der Waals surface area contributed by atoms with Crippen molar-refractivity contribution in [3.05, 3.63) is 139 Å². The Kier molecular flexibility index (Phi) is 8.74. The van der Waals surface area contributed by atoms with Crippen LogP contribution < -0.4 is 14.2 Å². The average Bonchev–Trinajstić information content (AvgIpc) is 3.61. The molecular formula is C38H34N2O5S. The number of benzene rings is 5. The number of aromatic nitrogens is 1. The van der Waals surface area contributed by atoms with Crippen LogP contribution in [0.3, 0.4) is 0 Å². The summed E-state index contributed by atoms with van der Waals surface area (Å²) in [4.78, 5) is 2.02. The second-order valence-electron chi connectivity index (χ2n) is 10.9. The van der Waals surface area contributed by atoms with Crippen molar-refractivity contribution in [1.29, 1.82) is 0 Å². The number of nitrogens with zero attached hydrogens (tertiary/aromatic N) is 2. The zero-order valence-electron chi connectivity index (χ0n) is 25.9. The van der Waals surface area contributed by atoms with Gasteiger partial charge in [0.15, 0.2) is 5.75 Å². The van der Waals surface area contributed by atoms with E-state index in [1.807, 2.05) is 25.1 Å². The Labute approximate surface area is 269 Å². The van der Waals surface area contributed by atoms with E-state index in [-0.39, 0.29) is 4.90 Å². The van der Waals surface area contributed by atoms with Crippen LogP contribution in [0.15, 0.2) is 137 Å². The van der Waals surface area contributed by atoms with Crippen LogP contribution in [0.1, 0.15) is 25.3 Å². The number of aryl methyl sites for hydroxylation is 2. The van der Waals surface area contributed by atoms with Crippen molar-refractivity contribution < 1.29 is 26.7 Å². The lowest BCUT2D eigenvalue weighted by atomic mass is 10.0. The van der Waals surface area contributed by atoms with Gasteiger partial charge in [-0.1, -0.05) is 90.5 Å². The summed E-state index contributed by atoms with van der Waals surface area (Å²) < 4.78 is 46.0. The molecule has 7 nitrogen and oxygen atoms in total. The van der Waals surface area contributed by atoms with Crippen molar-refractivity contribution in [2.45, 2.75) is 32.2 Å². The van der Waals surface area contributed by atoms with E-state index < -0.39 is 10.1 Å². The van der Waals surface area contributed by atoms with Crippen LogP contribution in [-0.2, 0) is 16.7 Å². The number of anilines is 1. The topological polar surface area (TPSA) is 86.7 Å². The number of fused-ring (bicyclic) bond motifs is 2. The quantitative estimate of drug-likeness (QED) is 0.136. The molecule has 0 N–H and O–H groups in total. The van der Waals surface area contributed by atoms with Gasteiger partial charge in [-0.15, -0.1) is 0 Å². The van der Waals surface area contributed by atoms with Crippen molar-refractivity contribution in [2.75, 3.05) is 11.4 Å². The van der Waals surface area contributed by atoms with E-state index in [9.17, 15) is 13.0 Å². The monoisotopic (exact) mass is 630 g/mol. The maximum atomic E-state index is 10.4. The second kappa shape index (κ2) is 13.0. The SMILES string of the molecule is CCN1/C(=C/c2oc3ccc(-c4ccccc4)cc3[n+]2CC)Oc2ccc(-c3ccccc3)cc21.Cc1ccc(S(=O)(=O)[O-])cc1. The van der Waals surface area contributed by atoms with Gasteiger partial charge >= 0.3 is 5.89 Å². The van der Waals surface area contributed by atoms with Gasteiger partial charge in [-0.25, -0.2) is 8.42 Å². The highest BCUT2D eigenvalue weighted by Gasteiger charge is 2.29.